The normalized spacial score (nSPS) is 17.8. The smallest absolute Gasteiger partial charge is 0.128 e. The van der Waals surface area contributed by atoms with Crippen molar-refractivity contribution in [1.82, 2.24) is 4.98 Å². The van der Waals surface area contributed by atoms with Gasteiger partial charge in [-0.2, -0.15) is 0 Å². The Morgan fingerprint density at radius 3 is 2.81 bits per heavy atom. The lowest BCUT2D eigenvalue weighted by Crippen LogP contribution is -2.38. The maximum atomic E-state index is 11.2. The summed E-state index contributed by atoms with van der Waals surface area (Å²) in [6.07, 6.45) is 1.63. The van der Waals surface area contributed by atoms with E-state index in [0.717, 1.165) is 24.5 Å². The molecule has 6 heteroatoms. The van der Waals surface area contributed by atoms with Gasteiger partial charge in [0, 0.05) is 48.1 Å². The number of halogens is 1. The van der Waals surface area contributed by atoms with Crippen molar-refractivity contribution in [1.29, 1.82) is 0 Å². The predicted octanol–water partition coefficient (Wildman–Crippen LogP) is 0.762. The third-order valence-corrected chi connectivity index (χ3v) is 4.26. The lowest BCUT2D eigenvalue weighted by molar-refractivity contribution is 0.672. The van der Waals surface area contributed by atoms with Crippen LogP contribution in [0.5, 0.6) is 0 Å². The van der Waals surface area contributed by atoms with Gasteiger partial charge >= 0.3 is 0 Å². The fourth-order valence-electron chi connectivity index (χ4n) is 1.66. The molecule has 0 aliphatic carbocycles. The van der Waals surface area contributed by atoms with Crippen molar-refractivity contribution >= 4 is 28.2 Å². The third-order valence-electron chi connectivity index (χ3n) is 2.64. The van der Waals surface area contributed by atoms with Crippen LogP contribution in [0.3, 0.4) is 0 Å². The molecule has 1 fully saturated rings. The molecule has 1 saturated heterocycles. The van der Waals surface area contributed by atoms with E-state index in [2.05, 4.69) is 9.88 Å². The van der Waals surface area contributed by atoms with Gasteiger partial charge in [-0.05, 0) is 11.6 Å². The minimum absolute atomic E-state index is 0.411. The highest BCUT2D eigenvalue weighted by molar-refractivity contribution is 7.85. The van der Waals surface area contributed by atoms with Gasteiger partial charge in [0.15, 0.2) is 0 Å². The Kier molecular flexibility index (Phi) is 3.78. The van der Waals surface area contributed by atoms with Crippen LogP contribution in [0.1, 0.15) is 5.56 Å². The predicted molar refractivity (Wildman–Crippen MR) is 67.2 cm³/mol. The topological polar surface area (TPSA) is 59.2 Å². The second-order valence-corrected chi connectivity index (χ2v) is 5.78. The number of aromatic nitrogens is 1. The highest BCUT2D eigenvalue weighted by atomic mass is 35.5. The van der Waals surface area contributed by atoms with E-state index in [1.165, 1.54) is 0 Å². The molecule has 1 aliphatic rings. The molecule has 0 saturated carbocycles. The number of anilines is 1. The lowest BCUT2D eigenvalue weighted by Gasteiger charge is -2.27. The van der Waals surface area contributed by atoms with Crippen LogP contribution in [0.15, 0.2) is 12.3 Å². The standard InChI is InChI=1S/C10H14ClN3OS/c11-9-7-13-10(5-8(9)6-12)14-1-3-16(15)4-2-14/h5,7H,1-4,6,12H2. The van der Waals surface area contributed by atoms with Crippen molar-refractivity contribution in [2.45, 2.75) is 6.54 Å². The summed E-state index contributed by atoms with van der Waals surface area (Å²) < 4.78 is 11.2. The molecule has 4 nitrogen and oxygen atoms in total. The Morgan fingerprint density at radius 2 is 2.19 bits per heavy atom. The molecule has 2 heterocycles. The van der Waals surface area contributed by atoms with E-state index < -0.39 is 10.8 Å². The van der Waals surface area contributed by atoms with Crippen molar-refractivity contribution in [2.24, 2.45) is 5.73 Å². The van der Waals surface area contributed by atoms with Gasteiger partial charge in [0.25, 0.3) is 0 Å². The molecule has 16 heavy (non-hydrogen) atoms. The van der Waals surface area contributed by atoms with Crippen molar-refractivity contribution in [3.05, 3.63) is 22.8 Å². The molecule has 1 aliphatic heterocycles. The van der Waals surface area contributed by atoms with E-state index in [-0.39, 0.29) is 0 Å². The molecule has 0 aromatic carbocycles. The van der Waals surface area contributed by atoms with Gasteiger partial charge in [-0.15, -0.1) is 0 Å². The van der Waals surface area contributed by atoms with Gasteiger partial charge in [-0.25, -0.2) is 4.98 Å². The van der Waals surface area contributed by atoms with Crippen LogP contribution in [-0.4, -0.2) is 33.8 Å². The molecule has 1 aromatic heterocycles. The van der Waals surface area contributed by atoms with Crippen molar-refractivity contribution in [3.63, 3.8) is 0 Å². The van der Waals surface area contributed by atoms with Gasteiger partial charge in [0.1, 0.15) is 5.82 Å². The summed E-state index contributed by atoms with van der Waals surface area (Å²) in [4.78, 5) is 6.40. The summed E-state index contributed by atoms with van der Waals surface area (Å²) in [6, 6.07) is 1.91. The Morgan fingerprint density at radius 1 is 1.50 bits per heavy atom. The summed E-state index contributed by atoms with van der Waals surface area (Å²) in [7, 11) is -0.666. The number of hydrogen-bond acceptors (Lipinski definition) is 4. The SMILES string of the molecule is NCc1cc(N2CCS(=O)CC2)ncc1Cl. The number of pyridine rings is 1. The first-order valence-electron chi connectivity index (χ1n) is 5.15. The van der Waals surface area contributed by atoms with E-state index in [1.54, 1.807) is 6.20 Å². The molecular weight excluding hydrogens is 246 g/mol. The molecule has 0 spiro atoms. The van der Waals surface area contributed by atoms with E-state index in [4.69, 9.17) is 17.3 Å². The van der Waals surface area contributed by atoms with Crippen LogP contribution in [0, 0.1) is 0 Å². The zero-order chi connectivity index (χ0) is 11.5. The molecule has 0 atom stereocenters. The first-order chi connectivity index (χ1) is 7.70. The summed E-state index contributed by atoms with van der Waals surface area (Å²) in [5.74, 6) is 2.30. The van der Waals surface area contributed by atoms with E-state index in [9.17, 15) is 4.21 Å². The molecule has 2 rings (SSSR count). The lowest BCUT2D eigenvalue weighted by atomic mass is 10.2. The van der Waals surface area contributed by atoms with E-state index in [0.29, 0.717) is 23.1 Å². The highest BCUT2D eigenvalue weighted by Gasteiger charge is 2.17. The van der Waals surface area contributed by atoms with Crippen molar-refractivity contribution in [3.8, 4) is 0 Å². The molecule has 0 unspecified atom stereocenters. The zero-order valence-corrected chi connectivity index (χ0v) is 10.4. The number of nitrogens with two attached hydrogens (primary N) is 1. The second kappa shape index (κ2) is 5.12. The minimum atomic E-state index is -0.666. The van der Waals surface area contributed by atoms with Crippen LogP contribution < -0.4 is 10.6 Å². The zero-order valence-electron chi connectivity index (χ0n) is 8.86. The molecule has 88 valence electrons. The molecule has 2 N–H and O–H groups in total. The van der Waals surface area contributed by atoms with E-state index in [1.807, 2.05) is 6.07 Å². The van der Waals surface area contributed by atoms with Crippen LogP contribution in [0.2, 0.25) is 5.02 Å². The first-order valence-corrected chi connectivity index (χ1v) is 7.01. The fraction of sp³-hybridized carbons (Fsp3) is 0.500. The largest absolute Gasteiger partial charge is 0.355 e. The monoisotopic (exact) mass is 259 g/mol. The average molecular weight is 260 g/mol. The van der Waals surface area contributed by atoms with Gasteiger partial charge in [0.2, 0.25) is 0 Å². The second-order valence-electron chi connectivity index (χ2n) is 3.67. The molecule has 0 radical (unpaired) electrons. The average Bonchev–Trinajstić information content (AvgIpc) is 2.31. The van der Waals surface area contributed by atoms with Crippen molar-refractivity contribution in [2.75, 3.05) is 29.5 Å². The van der Waals surface area contributed by atoms with Crippen molar-refractivity contribution < 1.29 is 4.21 Å². The Labute approximate surface area is 102 Å². The number of hydrogen-bond donors (Lipinski definition) is 1. The van der Waals surface area contributed by atoms with Crippen LogP contribution >= 0.6 is 11.6 Å². The summed E-state index contributed by atoms with van der Waals surface area (Å²) >= 11 is 5.95. The number of nitrogens with zero attached hydrogens (tertiary/aromatic N) is 2. The molecule has 0 amide bonds. The van der Waals surface area contributed by atoms with Gasteiger partial charge < -0.3 is 10.6 Å². The quantitative estimate of drug-likeness (QED) is 0.852. The Hall–Kier alpha value is -0.650. The van der Waals surface area contributed by atoms with Crippen LogP contribution in [0.25, 0.3) is 0 Å². The molecule has 0 bridgehead atoms. The Balaban J connectivity index is 2.17. The fourth-order valence-corrected chi connectivity index (χ4v) is 2.90. The number of rotatable bonds is 2. The van der Waals surface area contributed by atoms with Gasteiger partial charge in [-0.1, -0.05) is 11.6 Å². The summed E-state index contributed by atoms with van der Waals surface area (Å²) in [5.41, 5.74) is 6.49. The summed E-state index contributed by atoms with van der Waals surface area (Å²) in [6.45, 7) is 1.98. The third kappa shape index (κ3) is 2.53. The van der Waals surface area contributed by atoms with E-state index >= 15 is 0 Å². The minimum Gasteiger partial charge on any atom is -0.355 e. The van der Waals surface area contributed by atoms with Crippen LogP contribution in [-0.2, 0) is 17.3 Å². The molecular formula is C10H14ClN3OS. The maximum Gasteiger partial charge on any atom is 0.128 e. The first kappa shape index (κ1) is 11.8. The summed E-state index contributed by atoms with van der Waals surface area (Å²) in [5, 5.41) is 0.604. The van der Waals surface area contributed by atoms with Gasteiger partial charge in [0.05, 0.1) is 5.02 Å². The van der Waals surface area contributed by atoms with Crippen LogP contribution in [0.4, 0.5) is 5.82 Å². The molecule has 1 aromatic rings. The van der Waals surface area contributed by atoms with Gasteiger partial charge in [-0.3, -0.25) is 4.21 Å². The highest BCUT2D eigenvalue weighted by Crippen LogP contribution is 2.20. The maximum absolute atomic E-state index is 11.2. The Bertz CT molecular complexity index is 403.